The summed E-state index contributed by atoms with van der Waals surface area (Å²) in [6, 6.07) is 0. The van der Waals surface area contributed by atoms with E-state index in [2.05, 4.69) is 6.92 Å². The van der Waals surface area contributed by atoms with Crippen molar-refractivity contribution in [3.8, 4) is 0 Å². The maximum absolute atomic E-state index is 9.87. The SMILES string of the molecule is CCCCCCCC(C)O[C@@H]1O[C@H](CO)[C@@H](O)[C@H](O)[C@H]1O. The zero-order chi connectivity index (χ0) is 15.8. The first-order valence-corrected chi connectivity index (χ1v) is 7.97. The molecule has 1 saturated heterocycles. The molecular weight excluding hydrogens is 276 g/mol. The maximum Gasteiger partial charge on any atom is 0.186 e. The van der Waals surface area contributed by atoms with Gasteiger partial charge in [-0.15, -0.1) is 0 Å². The molecule has 1 aliphatic heterocycles. The van der Waals surface area contributed by atoms with Gasteiger partial charge in [-0.2, -0.15) is 0 Å². The van der Waals surface area contributed by atoms with Crippen LogP contribution in [0.4, 0.5) is 0 Å². The number of aliphatic hydroxyl groups excluding tert-OH is 4. The van der Waals surface area contributed by atoms with E-state index in [1.54, 1.807) is 0 Å². The molecule has 1 heterocycles. The van der Waals surface area contributed by atoms with Crippen molar-refractivity contribution in [1.29, 1.82) is 0 Å². The predicted molar refractivity (Wildman–Crippen MR) is 77.7 cm³/mol. The Morgan fingerprint density at radius 1 is 1.00 bits per heavy atom. The van der Waals surface area contributed by atoms with Gasteiger partial charge in [0.05, 0.1) is 12.7 Å². The van der Waals surface area contributed by atoms with E-state index in [-0.39, 0.29) is 6.10 Å². The number of rotatable bonds is 9. The number of hydrogen-bond donors (Lipinski definition) is 4. The summed E-state index contributed by atoms with van der Waals surface area (Å²) < 4.78 is 10.9. The molecule has 0 bridgehead atoms. The van der Waals surface area contributed by atoms with Gasteiger partial charge in [0, 0.05) is 0 Å². The average molecular weight is 306 g/mol. The van der Waals surface area contributed by atoms with Crippen LogP contribution in [0.2, 0.25) is 0 Å². The van der Waals surface area contributed by atoms with Crippen molar-refractivity contribution >= 4 is 0 Å². The van der Waals surface area contributed by atoms with Crippen molar-refractivity contribution in [2.24, 2.45) is 0 Å². The van der Waals surface area contributed by atoms with E-state index in [9.17, 15) is 15.3 Å². The van der Waals surface area contributed by atoms with E-state index < -0.39 is 37.3 Å². The van der Waals surface area contributed by atoms with Crippen LogP contribution in [0.25, 0.3) is 0 Å². The summed E-state index contributed by atoms with van der Waals surface area (Å²) in [5, 5.41) is 38.3. The molecule has 1 fully saturated rings. The second-order valence-corrected chi connectivity index (χ2v) is 5.85. The summed E-state index contributed by atoms with van der Waals surface area (Å²) in [6.45, 7) is 3.63. The molecule has 21 heavy (non-hydrogen) atoms. The fourth-order valence-electron chi connectivity index (χ4n) is 2.51. The van der Waals surface area contributed by atoms with E-state index in [1.807, 2.05) is 6.92 Å². The topological polar surface area (TPSA) is 99.4 Å². The molecule has 0 aromatic rings. The van der Waals surface area contributed by atoms with Gasteiger partial charge in [0.15, 0.2) is 6.29 Å². The van der Waals surface area contributed by atoms with Crippen molar-refractivity contribution in [2.75, 3.05) is 6.61 Å². The lowest BCUT2D eigenvalue weighted by molar-refractivity contribution is -0.310. The molecule has 126 valence electrons. The lowest BCUT2D eigenvalue weighted by atomic mass is 9.99. The van der Waals surface area contributed by atoms with Gasteiger partial charge < -0.3 is 29.9 Å². The number of ether oxygens (including phenoxy) is 2. The molecule has 4 N–H and O–H groups in total. The Hall–Kier alpha value is -0.240. The number of unbranched alkanes of at least 4 members (excludes halogenated alkanes) is 4. The summed E-state index contributed by atoms with van der Waals surface area (Å²) in [5.74, 6) is 0. The molecule has 6 nitrogen and oxygen atoms in total. The second-order valence-electron chi connectivity index (χ2n) is 5.85. The smallest absolute Gasteiger partial charge is 0.186 e. The summed E-state index contributed by atoms with van der Waals surface area (Å²) in [7, 11) is 0. The monoisotopic (exact) mass is 306 g/mol. The van der Waals surface area contributed by atoms with Gasteiger partial charge in [-0.05, 0) is 13.3 Å². The first-order valence-electron chi connectivity index (χ1n) is 7.97. The fraction of sp³-hybridized carbons (Fsp3) is 1.00. The summed E-state index contributed by atoms with van der Waals surface area (Å²) in [4.78, 5) is 0. The van der Waals surface area contributed by atoms with Crippen LogP contribution >= 0.6 is 0 Å². The average Bonchev–Trinajstić information content (AvgIpc) is 2.47. The van der Waals surface area contributed by atoms with E-state index in [4.69, 9.17) is 14.6 Å². The van der Waals surface area contributed by atoms with Crippen LogP contribution in [0, 0.1) is 0 Å². The molecule has 0 radical (unpaired) electrons. The Morgan fingerprint density at radius 2 is 1.67 bits per heavy atom. The highest BCUT2D eigenvalue weighted by Crippen LogP contribution is 2.23. The Bertz CT molecular complexity index is 273. The van der Waals surface area contributed by atoms with Crippen molar-refractivity contribution in [2.45, 2.75) is 89.2 Å². The summed E-state index contributed by atoms with van der Waals surface area (Å²) in [6.07, 6.45) is 0.608. The zero-order valence-electron chi connectivity index (χ0n) is 13.0. The second kappa shape index (κ2) is 9.71. The van der Waals surface area contributed by atoms with Crippen LogP contribution in [0.3, 0.4) is 0 Å². The third-order valence-corrected chi connectivity index (χ3v) is 3.93. The first-order chi connectivity index (χ1) is 10.0. The molecule has 1 aliphatic rings. The van der Waals surface area contributed by atoms with Crippen molar-refractivity contribution in [3.63, 3.8) is 0 Å². The van der Waals surface area contributed by atoms with Gasteiger partial charge in [-0.25, -0.2) is 0 Å². The summed E-state index contributed by atoms with van der Waals surface area (Å²) >= 11 is 0. The Balaban J connectivity index is 2.34. The van der Waals surface area contributed by atoms with Gasteiger partial charge in [0.25, 0.3) is 0 Å². The highest BCUT2D eigenvalue weighted by Gasteiger charge is 2.44. The molecule has 0 amide bonds. The number of hydrogen-bond acceptors (Lipinski definition) is 6. The minimum Gasteiger partial charge on any atom is -0.394 e. The molecule has 0 aromatic carbocycles. The molecule has 6 atom stereocenters. The third-order valence-electron chi connectivity index (χ3n) is 3.93. The van der Waals surface area contributed by atoms with Gasteiger partial charge >= 0.3 is 0 Å². The lowest BCUT2D eigenvalue weighted by Gasteiger charge is -2.40. The van der Waals surface area contributed by atoms with Crippen molar-refractivity contribution in [3.05, 3.63) is 0 Å². The molecule has 1 unspecified atom stereocenters. The van der Waals surface area contributed by atoms with Crippen LogP contribution in [0.15, 0.2) is 0 Å². The number of aliphatic hydroxyl groups is 4. The van der Waals surface area contributed by atoms with Gasteiger partial charge in [0.1, 0.15) is 24.4 Å². The predicted octanol–water partition coefficient (Wildman–Crippen LogP) is 0.552. The molecule has 0 spiro atoms. The maximum atomic E-state index is 9.87. The Morgan fingerprint density at radius 3 is 2.29 bits per heavy atom. The molecule has 6 heteroatoms. The molecule has 1 rings (SSSR count). The van der Waals surface area contributed by atoms with E-state index in [0.717, 1.165) is 19.3 Å². The zero-order valence-corrected chi connectivity index (χ0v) is 13.0. The van der Waals surface area contributed by atoms with Crippen LogP contribution in [0.1, 0.15) is 52.4 Å². The highest BCUT2D eigenvalue weighted by atomic mass is 16.7. The molecule has 0 aliphatic carbocycles. The normalized spacial score (nSPS) is 34.9. The van der Waals surface area contributed by atoms with Gasteiger partial charge in [0.2, 0.25) is 0 Å². The van der Waals surface area contributed by atoms with E-state index in [1.165, 1.54) is 19.3 Å². The minimum atomic E-state index is -1.38. The van der Waals surface area contributed by atoms with Crippen molar-refractivity contribution < 1.29 is 29.9 Å². The lowest BCUT2D eigenvalue weighted by Crippen LogP contribution is -2.59. The van der Waals surface area contributed by atoms with Crippen LogP contribution in [-0.4, -0.2) is 63.8 Å². The highest BCUT2D eigenvalue weighted by molar-refractivity contribution is 4.89. The quantitative estimate of drug-likeness (QED) is 0.464. The van der Waals surface area contributed by atoms with Gasteiger partial charge in [-0.3, -0.25) is 0 Å². The van der Waals surface area contributed by atoms with E-state index in [0.29, 0.717) is 0 Å². The molecule has 0 saturated carbocycles. The van der Waals surface area contributed by atoms with Crippen LogP contribution in [-0.2, 0) is 9.47 Å². The third kappa shape index (κ3) is 5.81. The molecule has 0 aromatic heterocycles. The largest absolute Gasteiger partial charge is 0.394 e. The van der Waals surface area contributed by atoms with Gasteiger partial charge in [-0.1, -0.05) is 39.0 Å². The van der Waals surface area contributed by atoms with Crippen LogP contribution in [0.5, 0.6) is 0 Å². The van der Waals surface area contributed by atoms with E-state index >= 15 is 0 Å². The Labute approximate surface area is 126 Å². The van der Waals surface area contributed by atoms with Crippen LogP contribution < -0.4 is 0 Å². The fourth-order valence-corrected chi connectivity index (χ4v) is 2.51. The molecular formula is C15H30O6. The standard InChI is InChI=1S/C15H30O6/c1-3-4-5-6-7-8-10(2)20-15-14(19)13(18)12(17)11(9-16)21-15/h10-19H,3-9H2,1-2H3/t10?,11-,12-,13+,14-,15-/m1/s1. The summed E-state index contributed by atoms with van der Waals surface area (Å²) in [5.41, 5.74) is 0. The first kappa shape index (κ1) is 18.8. The Kier molecular flexibility index (Phi) is 8.70. The van der Waals surface area contributed by atoms with Crippen molar-refractivity contribution in [1.82, 2.24) is 0 Å². The minimum absolute atomic E-state index is 0.118.